The van der Waals surface area contributed by atoms with Crippen LogP contribution in [0.3, 0.4) is 0 Å². The van der Waals surface area contributed by atoms with Crippen molar-refractivity contribution >= 4 is 23.2 Å². The Labute approximate surface area is 112 Å². The maximum atomic E-state index is 10.4. The Morgan fingerprint density at radius 3 is 2.83 bits per heavy atom. The Morgan fingerprint density at radius 2 is 2.17 bits per heavy atom. The van der Waals surface area contributed by atoms with Crippen molar-refractivity contribution in [2.24, 2.45) is 5.92 Å². The van der Waals surface area contributed by atoms with Gasteiger partial charge in [0.15, 0.2) is 5.82 Å². The second-order valence-corrected chi connectivity index (χ2v) is 5.56. The Hall–Kier alpha value is -1.07. The van der Waals surface area contributed by atoms with Gasteiger partial charge in [0.25, 0.3) is 0 Å². The number of hydrogen-bond donors (Lipinski definition) is 3. The van der Waals surface area contributed by atoms with Gasteiger partial charge >= 0.3 is 0 Å². The summed E-state index contributed by atoms with van der Waals surface area (Å²) in [6, 6.07) is 0. The summed E-state index contributed by atoms with van der Waals surface area (Å²) >= 11 is 5.99. The Kier molecular flexibility index (Phi) is 3.92. The number of nitrogen functional groups attached to an aromatic ring is 1. The molecule has 18 heavy (non-hydrogen) atoms. The van der Waals surface area contributed by atoms with Gasteiger partial charge in [-0.15, -0.1) is 0 Å². The van der Waals surface area contributed by atoms with Crippen molar-refractivity contribution in [3.63, 3.8) is 0 Å². The molecular weight excluding hydrogens is 252 g/mol. The number of rotatable bonds is 3. The van der Waals surface area contributed by atoms with Crippen LogP contribution in [0, 0.1) is 5.92 Å². The summed E-state index contributed by atoms with van der Waals surface area (Å²) in [4.78, 5) is 7.82. The molecule has 0 saturated heterocycles. The third-order valence-corrected chi connectivity index (χ3v) is 3.98. The molecule has 1 fully saturated rings. The Morgan fingerprint density at radius 1 is 1.50 bits per heavy atom. The first-order valence-corrected chi connectivity index (χ1v) is 6.60. The lowest BCUT2D eigenvalue weighted by atomic mass is 9.79. The average Bonchev–Trinajstić information content (AvgIpc) is 2.35. The normalized spacial score (nSPS) is 28.1. The van der Waals surface area contributed by atoms with Gasteiger partial charge in [0, 0.05) is 6.54 Å². The van der Waals surface area contributed by atoms with Crippen molar-refractivity contribution in [2.75, 3.05) is 17.6 Å². The number of anilines is 2. The van der Waals surface area contributed by atoms with E-state index >= 15 is 0 Å². The van der Waals surface area contributed by atoms with Crippen LogP contribution in [-0.4, -0.2) is 27.2 Å². The zero-order valence-electron chi connectivity index (χ0n) is 10.5. The fourth-order valence-electron chi connectivity index (χ4n) is 2.23. The fraction of sp³-hybridized carbons (Fsp3) is 0.667. The van der Waals surface area contributed by atoms with Crippen molar-refractivity contribution in [1.29, 1.82) is 0 Å². The largest absolute Gasteiger partial charge is 0.388 e. The maximum Gasteiger partial charge on any atom is 0.150 e. The fourth-order valence-corrected chi connectivity index (χ4v) is 2.40. The molecule has 0 spiro atoms. The lowest BCUT2D eigenvalue weighted by molar-refractivity contribution is 0.00495. The molecule has 0 aliphatic heterocycles. The molecule has 0 atom stereocenters. The third kappa shape index (κ3) is 3.03. The van der Waals surface area contributed by atoms with Crippen LogP contribution in [0.1, 0.15) is 32.6 Å². The summed E-state index contributed by atoms with van der Waals surface area (Å²) in [5, 5.41) is 13.8. The number of nitrogens with zero attached hydrogens (tertiary/aromatic N) is 2. The molecule has 5 nitrogen and oxygen atoms in total. The molecule has 0 bridgehead atoms. The van der Waals surface area contributed by atoms with Gasteiger partial charge in [0.05, 0.1) is 5.60 Å². The number of nitrogens with one attached hydrogen (secondary N) is 1. The van der Waals surface area contributed by atoms with Gasteiger partial charge in [-0.25, -0.2) is 9.97 Å². The van der Waals surface area contributed by atoms with E-state index in [1.165, 1.54) is 6.33 Å². The van der Waals surface area contributed by atoms with Gasteiger partial charge in [-0.05, 0) is 31.6 Å². The summed E-state index contributed by atoms with van der Waals surface area (Å²) in [5.41, 5.74) is 4.92. The molecule has 1 aromatic heterocycles. The van der Waals surface area contributed by atoms with Gasteiger partial charge in [-0.1, -0.05) is 18.5 Å². The molecule has 4 N–H and O–H groups in total. The van der Waals surface area contributed by atoms with Crippen LogP contribution >= 0.6 is 11.6 Å². The highest BCUT2D eigenvalue weighted by Gasteiger charge is 2.31. The second-order valence-electron chi connectivity index (χ2n) is 5.18. The predicted octanol–water partition coefficient (Wildman–Crippen LogP) is 2.07. The quantitative estimate of drug-likeness (QED) is 0.783. The highest BCUT2D eigenvalue weighted by Crippen LogP contribution is 2.32. The Balaban J connectivity index is 1.97. The monoisotopic (exact) mass is 270 g/mol. The minimum absolute atomic E-state index is 0.249. The summed E-state index contributed by atoms with van der Waals surface area (Å²) in [6.45, 7) is 2.66. The van der Waals surface area contributed by atoms with E-state index in [0.29, 0.717) is 23.3 Å². The molecule has 100 valence electrons. The smallest absolute Gasteiger partial charge is 0.150 e. The minimum Gasteiger partial charge on any atom is -0.388 e. The molecule has 1 saturated carbocycles. The second kappa shape index (κ2) is 5.28. The number of hydrogen-bond acceptors (Lipinski definition) is 5. The molecule has 0 unspecified atom stereocenters. The standard InChI is InChI=1S/C12H19ClN4O/c1-8-2-4-12(18,5-3-8)6-15-11-9(13)10(14)16-7-17-11/h7-8,18H,2-6H2,1H3,(H3,14,15,16,17). The molecule has 1 heterocycles. The van der Waals surface area contributed by atoms with E-state index in [9.17, 15) is 5.11 Å². The first-order chi connectivity index (χ1) is 8.50. The molecule has 6 heteroatoms. The van der Waals surface area contributed by atoms with Crippen molar-refractivity contribution in [3.8, 4) is 0 Å². The topological polar surface area (TPSA) is 84.1 Å². The van der Waals surface area contributed by atoms with E-state index in [2.05, 4.69) is 22.2 Å². The lowest BCUT2D eigenvalue weighted by Gasteiger charge is -2.35. The van der Waals surface area contributed by atoms with E-state index in [1.807, 2.05) is 0 Å². The number of halogens is 1. The molecule has 0 radical (unpaired) electrons. The first-order valence-electron chi connectivity index (χ1n) is 6.22. The van der Waals surface area contributed by atoms with Gasteiger partial charge in [0.1, 0.15) is 17.2 Å². The minimum atomic E-state index is -0.671. The van der Waals surface area contributed by atoms with Gasteiger partial charge in [-0.2, -0.15) is 0 Å². The summed E-state index contributed by atoms with van der Waals surface area (Å²) in [6.07, 6.45) is 5.07. The van der Waals surface area contributed by atoms with Crippen LogP contribution in [0.4, 0.5) is 11.6 Å². The summed E-state index contributed by atoms with van der Waals surface area (Å²) in [5.74, 6) is 1.43. The van der Waals surface area contributed by atoms with E-state index < -0.39 is 5.60 Å². The summed E-state index contributed by atoms with van der Waals surface area (Å²) in [7, 11) is 0. The Bertz CT molecular complexity index is 419. The SMILES string of the molecule is CC1CCC(O)(CNc2ncnc(N)c2Cl)CC1. The van der Waals surface area contributed by atoms with E-state index in [1.54, 1.807) is 0 Å². The third-order valence-electron chi connectivity index (χ3n) is 3.61. The number of nitrogens with two attached hydrogens (primary N) is 1. The molecule has 0 amide bonds. The molecular formula is C12H19ClN4O. The zero-order chi connectivity index (χ0) is 13.2. The zero-order valence-corrected chi connectivity index (χ0v) is 11.2. The highest BCUT2D eigenvalue weighted by atomic mass is 35.5. The van der Waals surface area contributed by atoms with Crippen LogP contribution in [0.5, 0.6) is 0 Å². The van der Waals surface area contributed by atoms with Gasteiger partial charge < -0.3 is 16.2 Å². The number of aliphatic hydroxyl groups is 1. The summed E-state index contributed by atoms with van der Waals surface area (Å²) < 4.78 is 0. The molecule has 2 rings (SSSR count). The van der Waals surface area contributed by atoms with Crippen molar-refractivity contribution < 1.29 is 5.11 Å². The lowest BCUT2D eigenvalue weighted by Crippen LogP contribution is -2.40. The molecule has 1 aliphatic rings. The van der Waals surface area contributed by atoms with Crippen molar-refractivity contribution in [3.05, 3.63) is 11.3 Å². The van der Waals surface area contributed by atoms with Crippen LogP contribution in [0.2, 0.25) is 5.02 Å². The molecule has 1 aliphatic carbocycles. The van der Waals surface area contributed by atoms with E-state index in [-0.39, 0.29) is 5.82 Å². The molecule has 0 aromatic carbocycles. The van der Waals surface area contributed by atoms with E-state index in [0.717, 1.165) is 25.7 Å². The average molecular weight is 271 g/mol. The first kappa shape index (κ1) is 13.4. The van der Waals surface area contributed by atoms with Crippen LogP contribution in [0.15, 0.2) is 6.33 Å². The van der Waals surface area contributed by atoms with Gasteiger partial charge in [0.2, 0.25) is 0 Å². The van der Waals surface area contributed by atoms with E-state index in [4.69, 9.17) is 17.3 Å². The highest BCUT2D eigenvalue weighted by molar-refractivity contribution is 6.35. The number of aromatic nitrogens is 2. The van der Waals surface area contributed by atoms with Crippen LogP contribution in [0.25, 0.3) is 0 Å². The molecule has 1 aromatic rings. The van der Waals surface area contributed by atoms with Crippen molar-refractivity contribution in [2.45, 2.75) is 38.2 Å². The van der Waals surface area contributed by atoms with Crippen LogP contribution in [-0.2, 0) is 0 Å². The predicted molar refractivity (Wildman–Crippen MR) is 72.5 cm³/mol. The van der Waals surface area contributed by atoms with Gasteiger partial charge in [-0.3, -0.25) is 0 Å². The van der Waals surface area contributed by atoms with Crippen molar-refractivity contribution in [1.82, 2.24) is 9.97 Å². The van der Waals surface area contributed by atoms with Crippen LogP contribution < -0.4 is 11.1 Å². The maximum absolute atomic E-state index is 10.4.